The number of carbonyl (C=O) groups is 1. The van der Waals surface area contributed by atoms with Crippen molar-refractivity contribution >= 4 is 17.5 Å². The Kier molecular flexibility index (Phi) is 8.95. The van der Waals surface area contributed by atoms with Gasteiger partial charge in [0.05, 0.1) is 31.4 Å². The molecule has 0 saturated carbocycles. The first kappa shape index (κ1) is 27.1. The SMILES string of the molecule is CCNC(=O)c1cc(N2CCC(COc3cc(-c4cncn4C)cnc3N)CC2)nc(OC(C)COC)n1. The smallest absolute Gasteiger partial charge is 0.319 e. The molecule has 3 aromatic rings. The van der Waals surface area contributed by atoms with E-state index >= 15 is 0 Å². The standard InChI is InChI=1S/C26H36N8O4/c1-5-29-25(35)20-11-23(32-26(31-20)38-17(2)14-36-4)34-8-6-18(7-9-34)15-37-22-10-19(12-30-24(22)27)21-13-28-16-33(21)3/h10-13,16-18H,5-9,14-15H2,1-4H3,(H2,27,30)(H,29,35). The number of carbonyl (C=O) groups excluding carboxylic acids is 1. The van der Waals surface area contributed by atoms with Gasteiger partial charge in [-0.05, 0) is 38.7 Å². The number of aromatic nitrogens is 5. The number of nitrogen functional groups attached to an aromatic ring is 1. The first-order chi connectivity index (χ1) is 18.4. The monoisotopic (exact) mass is 524 g/mol. The van der Waals surface area contributed by atoms with E-state index in [2.05, 4.69) is 30.2 Å². The van der Waals surface area contributed by atoms with E-state index in [-0.39, 0.29) is 23.7 Å². The number of rotatable bonds is 11. The number of imidazole rings is 1. The van der Waals surface area contributed by atoms with Crippen LogP contribution in [0.25, 0.3) is 11.3 Å². The van der Waals surface area contributed by atoms with Gasteiger partial charge in [0, 0.05) is 51.6 Å². The zero-order valence-electron chi connectivity index (χ0n) is 22.4. The third-order valence-electron chi connectivity index (χ3n) is 6.38. The molecular weight excluding hydrogens is 488 g/mol. The third kappa shape index (κ3) is 6.68. The van der Waals surface area contributed by atoms with Crippen molar-refractivity contribution in [2.45, 2.75) is 32.8 Å². The molecular formula is C26H36N8O4. The second kappa shape index (κ2) is 12.5. The normalized spacial score (nSPS) is 14.8. The van der Waals surface area contributed by atoms with Crippen LogP contribution in [0.4, 0.5) is 11.6 Å². The number of nitrogens with two attached hydrogens (primary N) is 1. The summed E-state index contributed by atoms with van der Waals surface area (Å²) in [5.41, 5.74) is 8.20. The highest BCUT2D eigenvalue weighted by molar-refractivity contribution is 5.93. The lowest BCUT2D eigenvalue weighted by molar-refractivity contribution is 0.0843. The molecule has 38 heavy (non-hydrogen) atoms. The highest BCUT2D eigenvalue weighted by Gasteiger charge is 2.24. The van der Waals surface area contributed by atoms with Gasteiger partial charge in [-0.1, -0.05) is 0 Å². The van der Waals surface area contributed by atoms with E-state index in [9.17, 15) is 4.79 Å². The molecule has 3 N–H and O–H groups in total. The topological polar surface area (TPSA) is 143 Å². The van der Waals surface area contributed by atoms with Crippen molar-refractivity contribution < 1.29 is 19.0 Å². The molecule has 0 aliphatic carbocycles. The zero-order chi connectivity index (χ0) is 27.1. The number of aryl methyl sites for hydroxylation is 1. The van der Waals surface area contributed by atoms with Gasteiger partial charge in [0.25, 0.3) is 5.91 Å². The number of nitrogens with one attached hydrogen (secondary N) is 1. The molecule has 0 radical (unpaired) electrons. The Bertz CT molecular complexity index is 1230. The summed E-state index contributed by atoms with van der Waals surface area (Å²) in [6, 6.07) is 3.78. The van der Waals surface area contributed by atoms with Crippen LogP contribution in [-0.4, -0.2) is 76.5 Å². The maximum Gasteiger partial charge on any atom is 0.319 e. The average Bonchev–Trinajstić information content (AvgIpc) is 3.34. The minimum Gasteiger partial charge on any atom is -0.489 e. The first-order valence-corrected chi connectivity index (χ1v) is 12.8. The van der Waals surface area contributed by atoms with Crippen LogP contribution >= 0.6 is 0 Å². The van der Waals surface area contributed by atoms with Gasteiger partial charge >= 0.3 is 6.01 Å². The summed E-state index contributed by atoms with van der Waals surface area (Å²) < 4.78 is 19.0. The van der Waals surface area contributed by atoms with E-state index in [4.69, 9.17) is 19.9 Å². The lowest BCUT2D eigenvalue weighted by atomic mass is 9.98. The molecule has 1 aliphatic rings. The quantitative estimate of drug-likeness (QED) is 0.384. The van der Waals surface area contributed by atoms with Crippen LogP contribution in [0, 0.1) is 5.92 Å². The number of methoxy groups -OCH3 is 1. The van der Waals surface area contributed by atoms with Gasteiger partial charge in [-0.25, -0.2) is 9.97 Å². The van der Waals surface area contributed by atoms with Crippen LogP contribution in [0.1, 0.15) is 37.2 Å². The molecule has 1 amide bonds. The van der Waals surface area contributed by atoms with Gasteiger partial charge in [0.15, 0.2) is 11.6 Å². The zero-order valence-corrected chi connectivity index (χ0v) is 22.4. The van der Waals surface area contributed by atoms with Gasteiger partial charge in [0.2, 0.25) is 0 Å². The fraction of sp³-hybridized carbons (Fsp3) is 0.500. The summed E-state index contributed by atoms with van der Waals surface area (Å²) in [7, 11) is 3.53. The second-order valence-corrected chi connectivity index (χ2v) is 9.38. The molecule has 1 saturated heterocycles. The lowest BCUT2D eigenvalue weighted by Crippen LogP contribution is -2.36. The molecule has 1 fully saturated rings. The summed E-state index contributed by atoms with van der Waals surface area (Å²) in [4.78, 5) is 32.0. The minimum atomic E-state index is -0.261. The summed E-state index contributed by atoms with van der Waals surface area (Å²) in [6.45, 7) is 6.68. The highest BCUT2D eigenvalue weighted by Crippen LogP contribution is 2.29. The van der Waals surface area contributed by atoms with Crippen molar-refractivity contribution in [3.63, 3.8) is 0 Å². The fourth-order valence-electron chi connectivity index (χ4n) is 4.33. The largest absolute Gasteiger partial charge is 0.489 e. The Morgan fingerprint density at radius 2 is 2.03 bits per heavy atom. The van der Waals surface area contributed by atoms with E-state index in [1.165, 1.54) is 0 Å². The van der Waals surface area contributed by atoms with Crippen molar-refractivity contribution in [2.24, 2.45) is 13.0 Å². The summed E-state index contributed by atoms with van der Waals surface area (Å²) in [6.07, 6.45) is 6.79. The molecule has 204 valence electrons. The summed E-state index contributed by atoms with van der Waals surface area (Å²) >= 11 is 0. The highest BCUT2D eigenvalue weighted by atomic mass is 16.5. The van der Waals surface area contributed by atoms with Crippen molar-refractivity contribution in [3.8, 4) is 23.0 Å². The lowest BCUT2D eigenvalue weighted by Gasteiger charge is -2.33. The van der Waals surface area contributed by atoms with Crippen molar-refractivity contribution in [1.82, 2.24) is 29.8 Å². The minimum absolute atomic E-state index is 0.162. The van der Waals surface area contributed by atoms with Gasteiger partial charge in [-0.2, -0.15) is 9.97 Å². The van der Waals surface area contributed by atoms with E-state index in [0.717, 1.165) is 37.2 Å². The molecule has 12 nitrogen and oxygen atoms in total. The molecule has 0 aromatic carbocycles. The van der Waals surface area contributed by atoms with Crippen LogP contribution in [0.2, 0.25) is 0 Å². The molecule has 12 heteroatoms. The molecule has 4 rings (SSSR count). The van der Waals surface area contributed by atoms with E-state index in [1.54, 1.807) is 31.9 Å². The summed E-state index contributed by atoms with van der Waals surface area (Å²) in [5, 5.41) is 2.79. The van der Waals surface area contributed by atoms with Crippen LogP contribution < -0.4 is 25.4 Å². The Morgan fingerprint density at radius 3 is 2.71 bits per heavy atom. The van der Waals surface area contributed by atoms with Crippen molar-refractivity contribution in [3.05, 3.63) is 36.5 Å². The first-order valence-electron chi connectivity index (χ1n) is 12.8. The van der Waals surface area contributed by atoms with E-state index in [1.807, 2.05) is 31.5 Å². The van der Waals surface area contributed by atoms with Gasteiger partial charge < -0.3 is 34.7 Å². The van der Waals surface area contributed by atoms with Crippen LogP contribution in [-0.2, 0) is 11.8 Å². The van der Waals surface area contributed by atoms with E-state index in [0.29, 0.717) is 43.1 Å². The number of nitrogens with zero attached hydrogens (tertiary/aromatic N) is 6. The molecule has 4 heterocycles. The Labute approximate surface area is 222 Å². The number of anilines is 2. The second-order valence-electron chi connectivity index (χ2n) is 9.38. The maximum absolute atomic E-state index is 12.5. The third-order valence-corrected chi connectivity index (χ3v) is 6.38. The van der Waals surface area contributed by atoms with Gasteiger partial charge in [-0.3, -0.25) is 4.79 Å². The number of hydrogen-bond acceptors (Lipinski definition) is 10. The number of amides is 1. The van der Waals surface area contributed by atoms with Crippen molar-refractivity contribution in [2.75, 3.05) is 50.6 Å². The van der Waals surface area contributed by atoms with Crippen LogP contribution in [0.3, 0.4) is 0 Å². The molecule has 1 unspecified atom stereocenters. The number of pyridine rings is 1. The molecule has 3 aromatic heterocycles. The predicted octanol–water partition coefficient (Wildman–Crippen LogP) is 2.31. The summed E-state index contributed by atoms with van der Waals surface area (Å²) in [5.74, 6) is 1.68. The van der Waals surface area contributed by atoms with Crippen molar-refractivity contribution in [1.29, 1.82) is 0 Å². The van der Waals surface area contributed by atoms with Crippen LogP contribution in [0.15, 0.2) is 30.9 Å². The molecule has 0 bridgehead atoms. The Balaban J connectivity index is 1.39. The number of ether oxygens (including phenoxy) is 3. The Morgan fingerprint density at radius 1 is 1.24 bits per heavy atom. The fourth-order valence-corrected chi connectivity index (χ4v) is 4.33. The molecule has 0 spiro atoms. The average molecular weight is 525 g/mol. The molecule has 1 atom stereocenters. The predicted molar refractivity (Wildman–Crippen MR) is 143 cm³/mol. The number of hydrogen-bond donors (Lipinski definition) is 2. The molecule has 1 aliphatic heterocycles. The number of piperidine rings is 1. The Hall–Kier alpha value is -3.93. The van der Waals surface area contributed by atoms with Crippen LogP contribution in [0.5, 0.6) is 11.8 Å². The van der Waals surface area contributed by atoms with E-state index < -0.39 is 0 Å². The maximum atomic E-state index is 12.5. The van der Waals surface area contributed by atoms with Gasteiger partial charge in [0.1, 0.15) is 17.6 Å². The van der Waals surface area contributed by atoms with Gasteiger partial charge in [-0.15, -0.1) is 0 Å².